The summed E-state index contributed by atoms with van der Waals surface area (Å²) in [4.78, 5) is 31.0. The Morgan fingerprint density at radius 3 is 2.64 bits per heavy atom. The van der Waals surface area contributed by atoms with E-state index < -0.39 is 27.3 Å². The van der Waals surface area contributed by atoms with Gasteiger partial charge in [-0.3, -0.25) is 9.59 Å². The Bertz CT molecular complexity index is 1040. The smallest absolute Gasteiger partial charge is 0.280 e. The first kappa shape index (κ1) is 17.1. The third-order valence-corrected chi connectivity index (χ3v) is 5.46. The van der Waals surface area contributed by atoms with Crippen molar-refractivity contribution in [3.8, 4) is 11.3 Å². The number of carbonyl (C=O) groups excluding carboxylic acids is 1. The third kappa shape index (κ3) is 3.69. The molecule has 0 bridgehead atoms. The maximum atomic E-state index is 12.2. The molecule has 1 unspecified atom stereocenters. The predicted octanol–water partition coefficient (Wildman–Crippen LogP) is 1.09. The molecule has 0 aliphatic carbocycles. The topological polar surface area (TPSA) is 109 Å². The van der Waals surface area contributed by atoms with Gasteiger partial charge < -0.3 is 10.3 Å². The number of carbonyl (C=O) groups is 1. The molecule has 0 spiro atoms. The van der Waals surface area contributed by atoms with E-state index in [1.54, 1.807) is 0 Å². The molecule has 0 saturated heterocycles. The lowest BCUT2D eigenvalue weighted by molar-refractivity contribution is 0.0941. The van der Waals surface area contributed by atoms with Crippen molar-refractivity contribution in [1.29, 1.82) is 0 Å². The van der Waals surface area contributed by atoms with Gasteiger partial charge in [-0.05, 0) is 42.7 Å². The van der Waals surface area contributed by atoms with Crippen LogP contribution in [0.5, 0.6) is 0 Å². The fourth-order valence-electron chi connectivity index (χ4n) is 2.52. The highest BCUT2D eigenvalue weighted by molar-refractivity contribution is 7.94. The molecule has 3 rings (SSSR count). The monoisotopic (exact) mass is 359 g/mol. The van der Waals surface area contributed by atoms with Crippen LogP contribution < -0.4 is 10.9 Å². The van der Waals surface area contributed by atoms with Crippen molar-refractivity contribution in [2.45, 2.75) is 19.9 Å². The quantitative estimate of drug-likeness (QED) is 0.853. The number of amides is 1. The van der Waals surface area contributed by atoms with E-state index in [9.17, 15) is 18.0 Å². The van der Waals surface area contributed by atoms with Gasteiger partial charge >= 0.3 is 0 Å². The van der Waals surface area contributed by atoms with E-state index in [-0.39, 0.29) is 11.4 Å². The minimum Gasteiger partial charge on any atom is -0.343 e. The van der Waals surface area contributed by atoms with E-state index in [0.29, 0.717) is 5.69 Å². The molecule has 25 heavy (non-hydrogen) atoms. The highest BCUT2D eigenvalue weighted by Gasteiger charge is 2.25. The first-order valence-corrected chi connectivity index (χ1v) is 9.35. The fraction of sp³-hybridized carbons (Fsp3) is 0.235. The van der Waals surface area contributed by atoms with Gasteiger partial charge in [0.05, 0.1) is 23.7 Å². The average molecular weight is 359 g/mol. The molecule has 0 saturated carbocycles. The number of hydrogen-bond donors (Lipinski definition) is 2. The van der Waals surface area contributed by atoms with E-state index >= 15 is 0 Å². The van der Waals surface area contributed by atoms with Gasteiger partial charge in [0, 0.05) is 5.41 Å². The maximum Gasteiger partial charge on any atom is 0.280 e. The lowest BCUT2D eigenvalue weighted by Gasteiger charge is -2.10. The SMILES string of the molecule is Cc1ccc(-c2cnc(C(=O)NC3C=CS(=O)(=O)C3)c(=O)[nH]2)cc1C. The van der Waals surface area contributed by atoms with E-state index in [2.05, 4.69) is 15.3 Å². The van der Waals surface area contributed by atoms with Crippen molar-refractivity contribution < 1.29 is 13.2 Å². The number of rotatable bonds is 3. The van der Waals surface area contributed by atoms with Crippen molar-refractivity contribution >= 4 is 15.7 Å². The minimum atomic E-state index is -3.29. The van der Waals surface area contributed by atoms with Crippen LogP contribution >= 0.6 is 0 Å². The first-order valence-electron chi connectivity index (χ1n) is 7.64. The highest BCUT2D eigenvalue weighted by Crippen LogP contribution is 2.18. The maximum absolute atomic E-state index is 12.2. The average Bonchev–Trinajstić information content (AvgIpc) is 2.88. The van der Waals surface area contributed by atoms with Crippen LogP contribution in [-0.4, -0.2) is 36.1 Å². The number of H-pyrrole nitrogens is 1. The molecule has 7 nitrogen and oxygen atoms in total. The van der Waals surface area contributed by atoms with Gasteiger partial charge in [-0.15, -0.1) is 0 Å². The number of aromatic amines is 1. The first-order chi connectivity index (χ1) is 11.7. The summed E-state index contributed by atoms with van der Waals surface area (Å²) in [5.74, 6) is -0.920. The minimum absolute atomic E-state index is 0.211. The molecule has 1 aromatic carbocycles. The van der Waals surface area contributed by atoms with Crippen molar-refractivity contribution in [1.82, 2.24) is 15.3 Å². The van der Waals surface area contributed by atoms with Crippen LogP contribution in [0, 0.1) is 13.8 Å². The zero-order valence-corrected chi connectivity index (χ0v) is 14.6. The number of benzene rings is 1. The molecule has 2 N–H and O–H groups in total. The number of nitrogens with one attached hydrogen (secondary N) is 2. The second-order valence-electron chi connectivity index (χ2n) is 6.01. The third-order valence-electron chi connectivity index (χ3n) is 4.07. The van der Waals surface area contributed by atoms with Crippen LogP contribution in [0.4, 0.5) is 0 Å². The molecule has 0 radical (unpaired) electrons. The Morgan fingerprint density at radius 2 is 2.04 bits per heavy atom. The molecular weight excluding hydrogens is 342 g/mol. The second-order valence-corrected chi connectivity index (χ2v) is 7.94. The van der Waals surface area contributed by atoms with E-state index in [4.69, 9.17) is 0 Å². The predicted molar refractivity (Wildman–Crippen MR) is 93.9 cm³/mol. The molecule has 130 valence electrons. The number of aromatic nitrogens is 2. The van der Waals surface area contributed by atoms with Crippen LogP contribution in [0.2, 0.25) is 0 Å². The summed E-state index contributed by atoms with van der Waals surface area (Å²) in [5.41, 5.74) is 2.59. The fourth-order valence-corrected chi connectivity index (χ4v) is 3.76. The number of aryl methyl sites for hydroxylation is 2. The van der Waals surface area contributed by atoms with Gasteiger partial charge in [0.1, 0.15) is 0 Å². The number of sulfone groups is 1. The number of nitrogens with zero attached hydrogens (tertiary/aromatic N) is 1. The Kier molecular flexibility index (Phi) is 4.30. The van der Waals surface area contributed by atoms with Crippen molar-refractivity contribution in [3.63, 3.8) is 0 Å². The van der Waals surface area contributed by atoms with Crippen molar-refractivity contribution in [2.75, 3.05) is 5.75 Å². The van der Waals surface area contributed by atoms with Crippen LogP contribution in [0.1, 0.15) is 21.6 Å². The summed E-state index contributed by atoms with van der Waals surface area (Å²) in [7, 11) is -3.29. The molecule has 1 atom stereocenters. The van der Waals surface area contributed by atoms with Crippen LogP contribution in [0.3, 0.4) is 0 Å². The zero-order chi connectivity index (χ0) is 18.2. The summed E-state index contributed by atoms with van der Waals surface area (Å²) < 4.78 is 22.7. The molecule has 8 heteroatoms. The van der Waals surface area contributed by atoms with E-state index in [1.807, 2.05) is 32.0 Å². The summed E-state index contributed by atoms with van der Waals surface area (Å²) in [6.07, 6.45) is 2.80. The Morgan fingerprint density at radius 1 is 1.28 bits per heavy atom. The molecule has 0 fully saturated rings. The van der Waals surface area contributed by atoms with Crippen molar-refractivity contribution in [2.24, 2.45) is 0 Å². The Labute approximate surface area is 144 Å². The van der Waals surface area contributed by atoms with Gasteiger partial charge in [0.25, 0.3) is 11.5 Å². The van der Waals surface area contributed by atoms with Crippen molar-refractivity contribution in [3.05, 3.63) is 63.1 Å². The molecule has 1 amide bonds. The summed E-state index contributed by atoms with van der Waals surface area (Å²) in [6, 6.07) is 5.08. The van der Waals surface area contributed by atoms with Gasteiger partial charge in [-0.25, -0.2) is 13.4 Å². The number of hydrogen-bond acceptors (Lipinski definition) is 5. The standard InChI is InChI=1S/C17H17N3O4S/c1-10-3-4-12(7-11(10)2)14-8-18-15(17(22)20-14)16(21)19-13-5-6-25(23,24)9-13/h3-8,13H,9H2,1-2H3,(H,19,21)(H,20,22). The van der Waals surface area contributed by atoms with E-state index in [1.165, 1.54) is 12.3 Å². The largest absolute Gasteiger partial charge is 0.343 e. The Balaban J connectivity index is 1.82. The molecule has 2 heterocycles. The Hall–Kier alpha value is -2.74. The van der Waals surface area contributed by atoms with Gasteiger partial charge in [-0.1, -0.05) is 12.1 Å². The van der Waals surface area contributed by atoms with Gasteiger partial charge in [0.2, 0.25) is 0 Å². The van der Waals surface area contributed by atoms with Gasteiger partial charge in [-0.2, -0.15) is 0 Å². The molecule has 1 aromatic heterocycles. The van der Waals surface area contributed by atoms with E-state index in [0.717, 1.165) is 22.1 Å². The summed E-state index contributed by atoms with van der Waals surface area (Å²) in [6.45, 7) is 3.96. The van der Waals surface area contributed by atoms with Crippen LogP contribution in [0.15, 0.2) is 40.7 Å². The molecule has 2 aromatic rings. The molecular formula is C17H17N3O4S. The summed E-state index contributed by atoms with van der Waals surface area (Å²) >= 11 is 0. The van der Waals surface area contributed by atoms with Gasteiger partial charge in [0.15, 0.2) is 15.5 Å². The zero-order valence-electron chi connectivity index (χ0n) is 13.7. The normalized spacial score (nSPS) is 18.2. The van der Waals surface area contributed by atoms with Crippen LogP contribution in [-0.2, 0) is 9.84 Å². The lowest BCUT2D eigenvalue weighted by Crippen LogP contribution is -2.38. The summed E-state index contributed by atoms with van der Waals surface area (Å²) in [5, 5.41) is 3.53. The molecule has 1 aliphatic rings. The highest BCUT2D eigenvalue weighted by atomic mass is 32.2. The lowest BCUT2D eigenvalue weighted by atomic mass is 10.0. The second kappa shape index (κ2) is 6.29. The molecule has 1 aliphatic heterocycles. The van der Waals surface area contributed by atoms with Crippen LogP contribution in [0.25, 0.3) is 11.3 Å².